The number of rotatable bonds is 5. The van der Waals surface area contributed by atoms with E-state index in [2.05, 4.69) is 5.32 Å². The number of nitrogens with one attached hydrogen (secondary N) is 1. The van der Waals surface area contributed by atoms with Crippen molar-refractivity contribution >= 4 is 23.2 Å². The Morgan fingerprint density at radius 1 is 1.05 bits per heavy atom. The van der Waals surface area contributed by atoms with Crippen molar-refractivity contribution in [2.45, 2.75) is 19.4 Å². The molecule has 0 radical (unpaired) electrons. The highest BCUT2D eigenvalue weighted by atomic mass is 35.5. The van der Waals surface area contributed by atoms with Crippen LogP contribution >= 0.6 is 23.2 Å². The summed E-state index contributed by atoms with van der Waals surface area (Å²) in [5.74, 6) is -1.85. The molecule has 1 unspecified atom stereocenters. The molecule has 0 aliphatic rings. The van der Waals surface area contributed by atoms with Gasteiger partial charge in [0.1, 0.15) is 0 Å². The maximum absolute atomic E-state index is 13.5. The van der Waals surface area contributed by atoms with Gasteiger partial charge in [0.25, 0.3) is 0 Å². The lowest BCUT2D eigenvalue weighted by atomic mass is 9.98. The summed E-state index contributed by atoms with van der Waals surface area (Å²) in [6.07, 6.45) is 0.540. The fraction of sp³-hybridized carbons (Fsp3) is 0.250. The van der Waals surface area contributed by atoms with Gasteiger partial charge in [0.05, 0.1) is 0 Å². The van der Waals surface area contributed by atoms with Crippen LogP contribution in [0.25, 0.3) is 0 Å². The molecule has 112 valence electrons. The summed E-state index contributed by atoms with van der Waals surface area (Å²) in [6.45, 7) is 2.61. The van der Waals surface area contributed by atoms with Gasteiger partial charge in [0.15, 0.2) is 11.6 Å². The summed E-state index contributed by atoms with van der Waals surface area (Å²) in [6, 6.07) is 9.34. The third-order valence-electron chi connectivity index (χ3n) is 3.25. The van der Waals surface area contributed by atoms with Crippen LogP contribution in [0.5, 0.6) is 0 Å². The summed E-state index contributed by atoms with van der Waals surface area (Å²) < 4.78 is 26.7. The lowest BCUT2D eigenvalue weighted by molar-refractivity contribution is 0.497. The molecule has 1 N–H and O–H groups in total. The molecular weight excluding hydrogens is 315 g/mol. The van der Waals surface area contributed by atoms with Gasteiger partial charge in [0, 0.05) is 16.1 Å². The lowest BCUT2D eigenvalue weighted by Gasteiger charge is -2.20. The van der Waals surface area contributed by atoms with Crippen molar-refractivity contribution in [3.63, 3.8) is 0 Å². The van der Waals surface area contributed by atoms with Crippen LogP contribution in [-0.4, -0.2) is 6.54 Å². The van der Waals surface area contributed by atoms with Crippen LogP contribution in [0.3, 0.4) is 0 Å². The number of hydrogen-bond acceptors (Lipinski definition) is 1. The summed E-state index contributed by atoms with van der Waals surface area (Å²) in [5.41, 5.74) is 1.45. The van der Waals surface area contributed by atoms with Crippen molar-refractivity contribution in [1.82, 2.24) is 5.32 Å². The Morgan fingerprint density at radius 2 is 1.71 bits per heavy atom. The van der Waals surface area contributed by atoms with Gasteiger partial charge in [-0.15, -0.1) is 0 Å². The van der Waals surface area contributed by atoms with Crippen molar-refractivity contribution in [3.05, 3.63) is 69.2 Å². The molecule has 0 aliphatic carbocycles. The molecule has 0 amide bonds. The van der Waals surface area contributed by atoms with E-state index >= 15 is 0 Å². The first kappa shape index (κ1) is 16.2. The lowest BCUT2D eigenvalue weighted by Crippen LogP contribution is -2.23. The monoisotopic (exact) mass is 329 g/mol. The topological polar surface area (TPSA) is 12.0 Å². The minimum absolute atomic E-state index is 0.201. The predicted molar refractivity (Wildman–Crippen MR) is 82.9 cm³/mol. The molecular formula is C16H15Cl2F2N. The van der Waals surface area contributed by atoms with E-state index in [0.717, 1.165) is 17.7 Å². The van der Waals surface area contributed by atoms with E-state index in [4.69, 9.17) is 23.2 Å². The maximum atomic E-state index is 13.5. The van der Waals surface area contributed by atoms with Crippen molar-refractivity contribution in [2.75, 3.05) is 6.54 Å². The average molecular weight is 330 g/mol. The molecule has 21 heavy (non-hydrogen) atoms. The Kier molecular flexibility index (Phi) is 5.57. The van der Waals surface area contributed by atoms with Crippen LogP contribution in [-0.2, 0) is 6.42 Å². The quantitative estimate of drug-likeness (QED) is 0.746. The fourth-order valence-corrected chi connectivity index (χ4v) is 2.72. The van der Waals surface area contributed by atoms with E-state index in [9.17, 15) is 8.78 Å². The van der Waals surface area contributed by atoms with E-state index in [1.807, 2.05) is 25.1 Å². The zero-order chi connectivity index (χ0) is 15.4. The highest BCUT2D eigenvalue weighted by Crippen LogP contribution is 2.29. The Morgan fingerprint density at radius 3 is 2.38 bits per heavy atom. The number of benzene rings is 2. The molecule has 0 bridgehead atoms. The zero-order valence-corrected chi connectivity index (χ0v) is 13.0. The Labute approximate surface area is 132 Å². The molecule has 2 aromatic carbocycles. The predicted octanol–water partition coefficient (Wildman–Crippen LogP) is 5.16. The van der Waals surface area contributed by atoms with E-state index < -0.39 is 11.6 Å². The zero-order valence-electron chi connectivity index (χ0n) is 11.5. The molecule has 0 aromatic heterocycles. The van der Waals surface area contributed by atoms with Crippen LogP contribution in [0.15, 0.2) is 36.4 Å². The first-order valence-corrected chi connectivity index (χ1v) is 7.39. The van der Waals surface area contributed by atoms with E-state index in [1.165, 1.54) is 0 Å². The summed E-state index contributed by atoms with van der Waals surface area (Å²) >= 11 is 12.2. The minimum Gasteiger partial charge on any atom is -0.310 e. The molecule has 5 heteroatoms. The van der Waals surface area contributed by atoms with Crippen LogP contribution in [0.1, 0.15) is 24.1 Å². The summed E-state index contributed by atoms with van der Waals surface area (Å²) in [4.78, 5) is 0. The molecule has 0 saturated heterocycles. The van der Waals surface area contributed by atoms with Crippen LogP contribution in [0.4, 0.5) is 8.78 Å². The van der Waals surface area contributed by atoms with Crippen LogP contribution in [0, 0.1) is 11.6 Å². The minimum atomic E-state index is -0.947. The number of likely N-dealkylation sites (N-methyl/N-ethyl adjacent to an activating group) is 1. The van der Waals surface area contributed by atoms with Gasteiger partial charge in [-0.25, -0.2) is 8.78 Å². The number of halogens is 4. The van der Waals surface area contributed by atoms with Crippen molar-refractivity contribution < 1.29 is 8.78 Å². The van der Waals surface area contributed by atoms with Crippen LogP contribution < -0.4 is 5.32 Å². The van der Waals surface area contributed by atoms with Crippen molar-refractivity contribution in [3.8, 4) is 0 Å². The average Bonchev–Trinajstić information content (AvgIpc) is 2.45. The van der Waals surface area contributed by atoms with Gasteiger partial charge in [-0.2, -0.15) is 0 Å². The third-order valence-corrected chi connectivity index (χ3v) is 3.94. The Bertz CT molecular complexity index is 632. The van der Waals surface area contributed by atoms with Gasteiger partial charge in [-0.3, -0.25) is 0 Å². The van der Waals surface area contributed by atoms with E-state index in [0.29, 0.717) is 23.6 Å². The Hall–Kier alpha value is -1.16. The van der Waals surface area contributed by atoms with Crippen molar-refractivity contribution in [2.24, 2.45) is 0 Å². The van der Waals surface area contributed by atoms with Crippen LogP contribution in [0.2, 0.25) is 10.0 Å². The molecule has 1 atom stereocenters. The maximum Gasteiger partial charge on any atom is 0.160 e. The van der Waals surface area contributed by atoms with E-state index in [-0.39, 0.29) is 11.1 Å². The highest BCUT2D eigenvalue weighted by molar-refractivity contribution is 6.31. The van der Waals surface area contributed by atoms with Gasteiger partial charge in [-0.05, 0) is 42.3 Å². The van der Waals surface area contributed by atoms with Crippen molar-refractivity contribution in [1.29, 1.82) is 0 Å². The molecule has 0 saturated carbocycles. The smallest absolute Gasteiger partial charge is 0.160 e. The van der Waals surface area contributed by atoms with Gasteiger partial charge >= 0.3 is 0 Å². The van der Waals surface area contributed by atoms with Gasteiger partial charge in [0.2, 0.25) is 0 Å². The standard InChI is InChI=1S/C16H15Cl2F2N/c1-2-21-16(7-10-5-3-4-6-12(10)17)11-8-14(19)15(20)9-13(11)18/h3-6,8-9,16,21H,2,7H2,1H3. The molecule has 2 aromatic rings. The van der Waals surface area contributed by atoms with Gasteiger partial charge < -0.3 is 5.32 Å². The largest absolute Gasteiger partial charge is 0.310 e. The summed E-state index contributed by atoms with van der Waals surface area (Å²) in [5, 5.41) is 4.07. The molecule has 0 aliphatic heterocycles. The Balaban J connectivity index is 2.35. The van der Waals surface area contributed by atoms with Gasteiger partial charge in [-0.1, -0.05) is 48.3 Å². The first-order valence-electron chi connectivity index (χ1n) is 6.64. The second-order valence-corrected chi connectivity index (χ2v) is 5.51. The molecule has 0 fully saturated rings. The normalized spacial score (nSPS) is 12.4. The SMILES string of the molecule is CCNC(Cc1ccccc1Cl)c1cc(F)c(F)cc1Cl. The second kappa shape index (κ2) is 7.21. The second-order valence-electron chi connectivity index (χ2n) is 4.69. The molecule has 1 nitrogen and oxygen atoms in total. The first-order chi connectivity index (χ1) is 10.0. The summed E-state index contributed by atoms with van der Waals surface area (Å²) in [7, 11) is 0. The third kappa shape index (κ3) is 3.94. The fourth-order valence-electron chi connectivity index (χ4n) is 2.23. The molecule has 0 heterocycles. The van der Waals surface area contributed by atoms with E-state index in [1.54, 1.807) is 6.07 Å². The molecule has 2 rings (SSSR count). The number of hydrogen-bond donors (Lipinski definition) is 1. The molecule has 0 spiro atoms. The highest BCUT2D eigenvalue weighted by Gasteiger charge is 2.18.